The molecule has 7 heteroatoms. The number of hydrogen-bond donors (Lipinski definition) is 2. The lowest BCUT2D eigenvalue weighted by molar-refractivity contribution is -0.141. The number of hydrogen-bond acceptors (Lipinski definition) is 3. The number of nitrogens with zero attached hydrogens (tertiary/aromatic N) is 1. The number of carboxylic acids is 2. The average Bonchev–Trinajstić information content (AvgIpc) is 2.27. The Balaban J connectivity index is 3.01. The summed E-state index contributed by atoms with van der Waals surface area (Å²) in [6, 6.07) is 2.69. The van der Waals surface area contributed by atoms with Gasteiger partial charge >= 0.3 is 11.9 Å². The second-order valence-electron chi connectivity index (χ2n) is 4.11. The minimum absolute atomic E-state index is 0.142. The van der Waals surface area contributed by atoms with Gasteiger partial charge in [-0.25, -0.2) is 8.78 Å². The van der Waals surface area contributed by atoms with E-state index in [4.69, 9.17) is 10.2 Å². The second kappa shape index (κ2) is 6.12. The van der Waals surface area contributed by atoms with Gasteiger partial charge in [-0.15, -0.1) is 0 Å². The Hall–Kier alpha value is -2.18. The molecule has 1 atom stereocenters. The van der Waals surface area contributed by atoms with E-state index in [2.05, 4.69) is 0 Å². The summed E-state index contributed by atoms with van der Waals surface area (Å²) in [4.78, 5) is 22.5. The third kappa shape index (κ3) is 4.20. The van der Waals surface area contributed by atoms with Gasteiger partial charge in [-0.3, -0.25) is 9.59 Å². The maximum Gasteiger partial charge on any atom is 0.323 e. The summed E-state index contributed by atoms with van der Waals surface area (Å²) < 4.78 is 26.4. The molecule has 0 aliphatic rings. The third-order valence-electron chi connectivity index (χ3n) is 2.49. The van der Waals surface area contributed by atoms with Crippen molar-refractivity contribution in [3.8, 4) is 0 Å². The molecule has 0 aromatic heterocycles. The molecule has 1 unspecified atom stereocenters. The monoisotopic (exact) mass is 273 g/mol. The SMILES string of the molecule is CC(CN(CC(=O)O)c1ccc(F)cc1F)C(=O)O. The number of carboxylic acid groups (broad SMARTS) is 2. The first-order valence-electron chi connectivity index (χ1n) is 5.46. The van der Waals surface area contributed by atoms with Crippen LogP contribution in [0.3, 0.4) is 0 Å². The average molecular weight is 273 g/mol. The maximum absolute atomic E-state index is 13.6. The van der Waals surface area contributed by atoms with Gasteiger partial charge in [0, 0.05) is 12.6 Å². The van der Waals surface area contributed by atoms with Crippen molar-refractivity contribution in [2.75, 3.05) is 18.0 Å². The summed E-state index contributed by atoms with van der Waals surface area (Å²) in [5.41, 5.74) is -0.142. The van der Waals surface area contributed by atoms with E-state index in [-0.39, 0.29) is 12.2 Å². The van der Waals surface area contributed by atoms with Crippen LogP contribution in [0.1, 0.15) is 6.92 Å². The lowest BCUT2D eigenvalue weighted by atomic mass is 10.1. The lowest BCUT2D eigenvalue weighted by Gasteiger charge is -2.25. The van der Waals surface area contributed by atoms with E-state index in [1.165, 1.54) is 6.92 Å². The largest absolute Gasteiger partial charge is 0.481 e. The highest BCUT2D eigenvalue weighted by Gasteiger charge is 2.21. The highest BCUT2D eigenvalue weighted by Crippen LogP contribution is 2.21. The molecule has 19 heavy (non-hydrogen) atoms. The maximum atomic E-state index is 13.6. The fourth-order valence-electron chi connectivity index (χ4n) is 1.56. The van der Waals surface area contributed by atoms with Gasteiger partial charge in [0.15, 0.2) is 0 Å². The minimum Gasteiger partial charge on any atom is -0.481 e. The molecule has 0 saturated carbocycles. The Kier molecular flexibility index (Phi) is 4.80. The Labute approximate surface area is 108 Å². The van der Waals surface area contributed by atoms with Gasteiger partial charge in [0.1, 0.15) is 18.2 Å². The molecule has 0 heterocycles. The molecule has 0 radical (unpaired) electrons. The van der Waals surface area contributed by atoms with Gasteiger partial charge in [-0.2, -0.15) is 0 Å². The van der Waals surface area contributed by atoms with Gasteiger partial charge in [0.25, 0.3) is 0 Å². The summed E-state index contributed by atoms with van der Waals surface area (Å²) in [5, 5.41) is 17.6. The first kappa shape index (κ1) is 14.9. The highest BCUT2D eigenvalue weighted by molar-refractivity contribution is 5.75. The fourth-order valence-corrected chi connectivity index (χ4v) is 1.56. The van der Waals surface area contributed by atoms with E-state index in [1.807, 2.05) is 0 Å². The molecular formula is C12H13F2NO4. The molecule has 0 aliphatic carbocycles. The van der Waals surface area contributed by atoms with Gasteiger partial charge in [0.2, 0.25) is 0 Å². The van der Waals surface area contributed by atoms with Crippen LogP contribution in [0.2, 0.25) is 0 Å². The molecule has 5 nitrogen and oxygen atoms in total. The van der Waals surface area contributed by atoms with E-state index in [0.717, 1.165) is 17.0 Å². The lowest BCUT2D eigenvalue weighted by Crippen LogP contribution is -2.36. The van der Waals surface area contributed by atoms with Gasteiger partial charge in [-0.05, 0) is 12.1 Å². The molecule has 0 bridgehead atoms. The van der Waals surface area contributed by atoms with E-state index in [0.29, 0.717) is 6.07 Å². The highest BCUT2D eigenvalue weighted by atomic mass is 19.1. The molecule has 1 aromatic carbocycles. The predicted octanol–water partition coefficient (Wildman–Crippen LogP) is 1.58. The van der Waals surface area contributed by atoms with Crippen LogP contribution >= 0.6 is 0 Å². The summed E-state index contributed by atoms with van der Waals surface area (Å²) >= 11 is 0. The normalized spacial score (nSPS) is 11.9. The standard InChI is InChI=1S/C12H13F2NO4/c1-7(12(18)19)5-15(6-11(16)17)10-3-2-8(13)4-9(10)14/h2-4,7H,5-6H2,1H3,(H,16,17)(H,18,19). The fraction of sp³-hybridized carbons (Fsp3) is 0.333. The van der Waals surface area contributed by atoms with Crippen molar-refractivity contribution in [1.82, 2.24) is 0 Å². The van der Waals surface area contributed by atoms with E-state index in [9.17, 15) is 18.4 Å². The van der Waals surface area contributed by atoms with Crippen molar-refractivity contribution in [2.45, 2.75) is 6.92 Å². The number of rotatable bonds is 6. The molecule has 0 amide bonds. The Morgan fingerprint density at radius 2 is 1.95 bits per heavy atom. The molecule has 1 aromatic rings. The van der Waals surface area contributed by atoms with Crippen LogP contribution in [-0.4, -0.2) is 35.2 Å². The number of anilines is 1. The topological polar surface area (TPSA) is 77.8 Å². The molecule has 0 fully saturated rings. The number of benzene rings is 1. The van der Waals surface area contributed by atoms with Gasteiger partial charge in [0.05, 0.1) is 11.6 Å². The molecule has 0 saturated heterocycles. The quantitative estimate of drug-likeness (QED) is 0.822. The second-order valence-corrected chi connectivity index (χ2v) is 4.11. The molecule has 0 spiro atoms. The third-order valence-corrected chi connectivity index (χ3v) is 2.49. The molecule has 1 rings (SSSR count). The molecule has 0 aliphatic heterocycles. The van der Waals surface area contributed by atoms with Crippen LogP contribution < -0.4 is 4.90 Å². The van der Waals surface area contributed by atoms with E-state index in [1.54, 1.807) is 0 Å². The van der Waals surface area contributed by atoms with Crippen molar-refractivity contribution in [3.05, 3.63) is 29.8 Å². The summed E-state index contributed by atoms with van der Waals surface area (Å²) in [6.45, 7) is 0.614. The van der Waals surface area contributed by atoms with Crippen LogP contribution in [-0.2, 0) is 9.59 Å². The van der Waals surface area contributed by atoms with Gasteiger partial charge < -0.3 is 15.1 Å². The first-order chi connectivity index (χ1) is 8.81. The summed E-state index contributed by atoms with van der Waals surface area (Å²) in [6.07, 6.45) is 0. The predicted molar refractivity (Wildman–Crippen MR) is 63.0 cm³/mol. The summed E-state index contributed by atoms with van der Waals surface area (Å²) in [5.74, 6) is -4.97. The number of halogens is 2. The molecular weight excluding hydrogens is 260 g/mol. The Bertz CT molecular complexity index is 493. The van der Waals surface area contributed by atoms with Crippen LogP contribution in [0.4, 0.5) is 14.5 Å². The summed E-state index contributed by atoms with van der Waals surface area (Å²) in [7, 11) is 0. The molecule has 104 valence electrons. The zero-order valence-electron chi connectivity index (χ0n) is 10.1. The van der Waals surface area contributed by atoms with Crippen molar-refractivity contribution in [3.63, 3.8) is 0 Å². The van der Waals surface area contributed by atoms with Crippen LogP contribution in [0.25, 0.3) is 0 Å². The van der Waals surface area contributed by atoms with Gasteiger partial charge in [-0.1, -0.05) is 6.92 Å². The van der Waals surface area contributed by atoms with Crippen LogP contribution in [0, 0.1) is 17.6 Å². The van der Waals surface area contributed by atoms with Crippen molar-refractivity contribution < 1.29 is 28.6 Å². The number of carbonyl (C=O) groups is 2. The van der Waals surface area contributed by atoms with Crippen molar-refractivity contribution in [1.29, 1.82) is 0 Å². The molecule has 2 N–H and O–H groups in total. The zero-order valence-corrected chi connectivity index (χ0v) is 10.1. The van der Waals surface area contributed by atoms with E-state index >= 15 is 0 Å². The van der Waals surface area contributed by atoms with E-state index < -0.39 is 36.0 Å². The smallest absolute Gasteiger partial charge is 0.323 e. The first-order valence-corrected chi connectivity index (χ1v) is 5.46. The number of aliphatic carboxylic acids is 2. The minimum atomic E-state index is -1.23. The van der Waals surface area contributed by atoms with Crippen molar-refractivity contribution in [2.24, 2.45) is 5.92 Å². The van der Waals surface area contributed by atoms with Crippen LogP contribution in [0.5, 0.6) is 0 Å². The van der Waals surface area contributed by atoms with Crippen LogP contribution in [0.15, 0.2) is 18.2 Å². The zero-order chi connectivity index (χ0) is 14.6. The Morgan fingerprint density at radius 1 is 1.32 bits per heavy atom. The Morgan fingerprint density at radius 3 is 2.42 bits per heavy atom. The van der Waals surface area contributed by atoms with Crippen molar-refractivity contribution >= 4 is 17.6 Å².